The van der Waals surface area contributed by atoms with Crippen molar-refractivity contribution in [1.29, 1.82) is 0 Å². The molecule has 0 saturated carbocycles. The molecule has 0 aliphatic heterocycles. The van der Waals surface area contributed by atoms with Crippen molar-refractivity contribution in [1.82, 2.24) is 0 Å². The Kier molecular flexibility index (Phi) is 4.41. The van der Waals surface area contributed by atoms with Gasteiger partial charge in [-0.05, 0) is 74.9 Å². The lowest BCUT2D eigenvalue weighted by molar-refractivity contribution is 0.547. The third-order valence-electron chi connectivity index (χ3n) is 7.21. The van der Waals surface area contributed by atoms with Gasteiger partial charge in [-0.3, -0.25) is 0 Å². The van der Waals surface area contributed by atoms with Crippen LogP contribution in [0.3, 0.4) is 0 Å². The molecule has 0 amide bonds. The van der Waals surface area contributed by atoms with E-state index in [0.717, 1.165) is 30.6 Å². The van der Waals surface area contributed by atoms with Crippen LogP contribution in [0.15, 0.2) is 108 Å². The van der Waals surface area contributed by atoms with Gasteiger partial charge in [0, 0.05) is 17.4 Å². The molecule has 0 bridgehead atoms. The summed E-state index contributed by atoms with van der Waals surface area (Å²) in [5, 5.41) is 6.49. The van der Waals surface area contributed by atoms with Crippen LogP contribution in [0.2, 0.25) is 0 Å². The number of hydrogen-bond donors (Lipinski definition) is 0. The molecular weight excluding hydrogens is 412 g/mol. The van der Waals surface area contributed by atoms with Gasteiger partial charge >= 0.3 is 0 Å². The van der Waals surface area contributed by atoms with Gasteiger partial charge in [0.1, 0.15) is 11.3 Å². The van der Waals surface area contributed by atoms with Gasteiger partial charge in [0.05, 0.1) is 0 Å². The minimum Gasteiger partial charge on any atom is -0.460 e. The maximum Gasteiger partial charge on any atom is 0.135 e. The zero-order valence-electron chi connectivity index (χ0n) is 18.9. The highest BCUT2D eigenvalue weighted by Crippen LogP contribution is 2.39. The first kappa shape index (κ1) is 19.4. The Hall–Kier alpha value is -4.10. The van der Waals surface area contributed by atoms with E-state index in [1.54, 1.807) is 0 Å². The number of hydrogen-bond acceptors (Lipinski definition) is 1. The van der Waals surface area contributed by atoms with Crippen molar-refractivity contribution in [3.8, 4) is 0 Å². The standard InChI is InChI=1S/C33H24O/c1-2-7-22(8-3-1)19-27-10-6-12-32-33(27)30-21-25(16-18-31(30)34-32)24-15-17-29-26(20-24)14-13-23-9-4-5-11-28(23)29/h1-15,17,20-21H,16,18-19H2. The Bertz CT molecular complexity index is 1720. The molecule has 0 spiro atoms. The average Bonchev–Trinajstić information content (AvgIpc) is 3.28. The van der Waals surface area contributed by atoms with Crippen molar-refractivity contribution < 1.29 is 4.42 Å². The topological polar surface area (TPSA) is 13.1 Å². The summed E-state index contributed by atoms with van der Waals surface area (Å²) in [6.45, 7) is 0. The van der Waals surface area contributed by atoms with Crippen LogP contribution < -0.4 is 0 Å². The Labute approximate surface area is 199 Å². The van der Waals surface area contributed by atoms with Gasteiger partial charge in [-0.1, -0.05) is 91.0 Å². The van der Waals surface area contributed by atoms with E-state index < -0.39 is 0 Å². The molecule has 0 unspecified atom stereocenters. The minimum atomic E-state index is 0.913. The maximum absolute atomic E-state index is 6.33. The van der Waals surface area contributed by atoms with Crippen molar-refractivity contribution in [3.05, 3.63) is 131 Å². The van der Waals surface area contributed by atoms with Gasteiger partial charge in [-0.25, -0.2) is 0 Å². The smallest absolute Gasteiger partial charge is 0.135 e. The lowest BCUT2D eigenvalue weighted by atomic mass is 9.88. The van der Waals surface area contributed by atoms with Crippen LogP contribution in [0.5, 0.6) is 0 Å². The third kappa shape index (κ3) is 3.16. The first-order valence-electron chi connectivity index (χ1n) is 12.0. The highest BCUT2D eigenvalue weighted by molar-refractivity contribution is 6.08. The molecule has 162 valence electrons. The minimum absolute atomic E-state index is 0.913. The average molecular weight is 437 g/mol. The molecule has 1 aromatic heterocycles. The van der Waals surface area contributed by atoms with Gasteiger partial charge < -0.3 is 4.42 Å². The van der Waals surface area contributed by atoms with Gasteiger partial charge in [0.25, 0.3) is 0 Å². The van der Waals surface area contributed by atoms with Crippen LogP contribution in [-0.4, -0.2) is 0 Å². The quantitative estimate of drug-likeness (QED) is 0.253. The van der Waals surface area contributed by atoms with Crippen LogP contribution in [0.4, 0.5) is 0 Å². The van der Waals surface area contributed by atoms with E-state index in [1.165, 1.54) is 54.8 Å². The maximum atomic E-state index is 6.33. The van der Waals surface area contributed by atoms with E-state index in [2.05, 4.69) is 109 Å². The fourth-order valence-corrected chi connectivity index (χ4v) is 5.53. The lowest BCUT2D eigenvalue weighted by Gasteiger charge is -2.15. The fourth-order valence-electron chi connectivity index (χ4n) is 5.53. The van der Waals surface area contributed by atoms with Crippen LogP contribution in [0, 0.1) is 0 Å². The van der Waals surface area contributed by atoms with Crippen LogP contribution in [-0.2, 0) is 12.8 Å². The zero-order valence-corrected chi connectivity index (χ0v) is 18.9. The number of fused-ring (bicyclic) bond motifs is 6. The fraction of sp³-hybridized carbons (Fsp3) is 0.0909. The monoisotopic (exact) mass is 436 g/mol. The molecule has 0 N–H and O–H groups in total. The molecule has 0 radical (unpaired) electrons. The second-order valence-electron chi connectivity index (χ2n) is 9.28. The van der Waals surface area contributed by atoms with Crippen LogP contribution in [0.1, 0.15) is 34.4 Å². The first-order chi connectivity index (χ1) is 16.8. The highest BCUT2D eigenvalue weighted by atomic mass is 16.3. The summed E-state index contributed by atoms with van der Waals surface area (Å²) in [6, 6.07) is 37.2. The molecular formula is C33H24O. The van der Waals surface area contributed by atoms with Crippen LogP contribution >= 0.6 is 0 Å². The zero-order chi connectivity index (χ0) is 22.5. The number of allylic oxidation sites excluding steroid dienone is 1. The third-order valence-corrected chi connectivity index (χ3v) is 7.21. The van der Waals surface area contributed by atoms with E-state index in [4.69, 9.17) is 4.42 Å². The molecule has 5 aromatic carbocycles. The molecule has 1 aliphatic rings. The highest BCUT2D eigenvalue weighted by Gasteiger charge is 2.21. The molecule has 1 aliphatic carbocycles. The summed E-state index contributed by atoms with van der Waals surface area (Å²) in [6.07, 6.45) is 5.23. The van der Waals surface area contributed by atoms with Crippen molar-refractivity contribution >= 4 is 44.2 Å². The van der Waals surface area contributed by atoms with E-state index in [-0.39, 0.29) is 0 Å². The van der Waals surface area contributed by atoms with E-state index >= 15 is 0 Å². The van der Waals surface area contributed by atoms with Gasteiger partial charge in [-0.2, -0.15) is 0 Å². The molecule has 0 saturated heterocycles. The summed E-state index contributed by atoms with van der Waals surface area (Å²) in [5.41, 5.74) is 7.62. The molecule has 6 aromatic rings. The Morgan fingerprint density at radius 1 is 0.647 bits per heavy atom. The number of benzene rings is 5. The predicted octanol–water partition coefficient (Wildman–Crippen LogP) is 8.82. The molecule has 1 nitrogen and oxygen atoms in total. The number of aryl methyl sites for hydroxylation is 1. The molecule has 1 heteroatoms. The summed E-state index contributed by atoms with van der Waals surface area (Å²) in [4.78, 5) is 0. The first-order valence-corrected chi connectivity index (χ1v) is 12.0. The predicted molar refractivity (Wildman–Crippen MR) is 143 cm³/mol. The van der Waals surface area contributed by atoms with Crippen molar-refractivity contribution in [3.63, 3.8) is 0 Å². The van der Waals surface area contributed by atoms with E-state index in [1.807, 2.05) is 0 Å². The van der Waals surface area contributed by atoms with Crippen molar-refractivity contribution in [2.45, 2.75) is 19.3 Å². The van der Waals surface area contributed by atoms with Gasteiger partial charge in [-0.15, -0.1) is 0 Å². The molecule has 34 heavy (non-hydrogen) atoms. The summed E-state index contributed by atoms with van der Waals surface area (Å²) >= 11 is 0. The Morgan fingerprint density at radius 3 is 2.41 bits per heavy atom. The molecule has 0 atom stereocenters. The Balaban J connectivity index is 1.35. The second-order valence-corrected chi connectivity index (χ2v) is 9.28. The van der Waals surface area contributed by atoms with Crippen molar-refractivity contribution in [2.24, 2.45) is 0 Å². The largest absolute Gasteiger partial charge is 0.460 e. The van der Waals surface area contributed by atoms with Gasteiger partial charge in [0.15, 0.2) is 0 Å². The number of furan rings is 1. The summed E-state index contributed by atoms with van der Waals surface area (Å²) in [5.74, 6) is 1.12. The van der Waals surface area contributed by atoms with Crippen molar-refractivity contribution in [2.75, 3.05) is 0 Å². The molecule has 0 fully saturated rings. The Morgan fingerprint density at radius 2 is 1.47 bits per heavy atom. The normalized spacial score (nSPS) is 13.4. The van der Waals surface area contributed by atoms with Crippen LogP contribution in [0.25, 0.3) is 44.2 Å². The lowest BCUT2D eigenvalue weighted by Crippen LogP contribution is -1.97. The second kappa shape index (κ2) is 7.74. The summed E-state index contributed by atoms with van der Waals surface area (Å²) < 4.78 is 6.33. The molecule has 7 rings (SSSR count). The van der Waals surface area contributed by atoms with Gasteiger partial charge in [0.2, 0.25) is 0 Å². The van der Waals surface area contributed by atoms with E-state index in [9.17, 15) is 0 Å². The molecule has 1 heterocycles. The summed E-state index contributed by atoms with van der Waals surface area (Å²) in [7, 11) is 0. The van der Waals surface area contributed by atoms with E-state index in [0.29, 0.717) is 0 Å². The SMILES string of the molecule is C1=C(c2ccc3c(ccc4ccccc43)c2)CCc2oc3cccc(Cc4ccccc4)c3c21. The number of rotatable bonds is 3.